The molecule has 0 saturated heterocycles. The van der Waals surface area contributed by atoms with Gasteiger partial charge in [0.05, 0.1) is 6.10 Å². The van der Waals surface area contributed by atoms with E-state index in [2.05, 4.69) is 10.6 Å². The molecule has 118 valence electrons. The lowest BCUT2D eigenvalue weighted by molar-refractivity contribution is 0.0495. The fourth-order valence-electron chi connectivity index (χ4n) is 2.34. The molecular weight excluding hydrogens is 256 g/mol. The minimum Gasteiger partial charge on any atom is -0.444 e. The fraction of sp³-hybridized carbons (Fsp3) is 0.933. The standard InChI is InChI=1S/C15H30N2O3/c1-10(2)13(18)9-16-11-7-6-8-12(11)17-14(19)20-15(3,4)5/h10-13,16,18H,6-9H2,1-5H3,(H,17,19)/t11-,12-,13-/m1/s1. The molecule has 0 radical (unpaired) electrons. The Morgan fingerprint density at radius 2 is 1.90 bits per heavy atom. The molecule has 1 rings (SSSR count). The number of aliphatic hydroxyl groups is 1. The number of carbonyl (C=O) groups excluding carboxylic acids is 1. The quantitative estimate of drug-likeness (QED) is 0.723. The Morgan fingerprint density at radius 3 is 2.45 bits per heavy atom. The molecule has 1 aliphatic carbocycles. The van der Waals surface area contributed by atoms with Crippen molar-refractivity contribution in [3.05, 3.63) is 0 Å². The summed E-state index contributed by atoms with van der Waals surface area (Å²) in [7, 11) is 0. The van der Waals surface area contributed by atoms with Gasteiger partial charge in [-0.1, -0.05) is 13.8 Å². The van der Waals surface area contributed by atoms with Gasteiger partial charge in [-0.05, 0) is 46.0 Å². The predicted octanol–water partition coefficient (Wildman–Crippen LogP) is 2.04. The van der Waals surface area contributed by atoms with Crippen LogP contribution in [-0.2, 0) is 4.74 Å². The van der Waals surface area contributed by atoms with Crippen LogP contribution in [-0.4, -0.2) is 41.5 Å². The molecule has 3 atom stereocenters. The maximum Gasteiger partial charge on any atom is 0.407 e. The van der Waals surface area contributed by atoms with Crippen molar-refractivity contribution < 1.29 is 14.6 Å². The highest BCUT2D eigenvalue weighted by Crippen LogP contribution is 2.20. The van der Waals surface area contributed by atoms with E-state index in [0.29, 0.717) is 6.54 Å². The van der Waals surface area contributed by atoms with Crippen LogP contribution in [0, 0.1) is 5.92 Å². The number of carbonyl (C=O) groups is 1. The highest BCUT2D eigenvalue weighted by molar-refractivity contribution is 5.68. The summed E-state index contributed by atoms with van der Waals surface area (Å²) in [6.45, 7) is 10.1. The third-order valence-corrected chi connectivity index (χ3v) is 3.58. The zero-order valence-electron chi connectivity index (χ0n) is 13.4. The Morgan fingerprint density at radius 1 is 1.30 bits per heavy atom. The van der Waals surface area contributed by atoms with E-state index in [1.165, 1.54) is 0 Å². The van der Waals surface area contributed by atoms with Crippen LogP contribution in [0.15, 0.2) is 0 Å². The molecule has 0 spiro atoms. The first-order valence-corrected chi connectivity index (χ1v) is 7.60. The van der Waals surface area contributed by atoms with Gasteiger partial charge in [0.25, 0.3) is 0 Å². The molecule has 3 N–H and O–H groups in total. The van der Waals surface area contributed by atoms with E-state index in [0.717, 1.165) is 19.3 Å². The summed E-state index contributed by atoms with van der Waals surface area (Å²) in [4.78, 5) is 11.8. The molecule has 1 saturated carbocycles. The van der Waals surface area contributed by atoms with E-state index in [9.17, 15) is 9.90 Å². The Bertz CT molecular complexity index is 313. The van der Waals surface area contributed by atoms with E-state index >= 15 is 0 Å². The highest BCUT2D eigenvalue weighted by atomic mass is 16.6. The van der Waals surface area contributed by atoms with Crippen molar-refractivity contribution in [3.63, 3.8) is 0 Å². The third-order valence-electron chi connectivity index (χ3n) is 3.58. The summed E-state index contributed by atoms with van der Waals surface area (Å²) in [5.74, 6) is 0.237. The zero-order valence-corrected chi connectivity index (χ0v) is 13.4. The molecule has 0 aliphatic heterocycles. The van der Waals surface area contributed by atoms with Gasteiger partial charge < -0.3 is 20.5 Å². The summed E-state index contributed by atoms with van der Waals surface area (Å²) < 4.78 is 5.28. The van der Waals surface area contributed by atoms with Crippen LogP contribution in [0.3, 0.4) is 0 Å². The van der Waals surface area contributed by atoms with Gasteiger partial charge in [0, 0.05) is 18.6 Å². The summed E-state index contributed by atoms with van der Waals surface area (Å²) >= 11 is 0. The van der Waals surface area contributed by atoms with Crippen molar-refractivity contribution in [2.24, 2.45) is 5.92 Å². The van der Waals surface area contributed by atoms with Crippen molar-refractivity contribution in [3.8, 4) is 0 Å². The number of rotatable bonds is 5. The maximum atomic E-state index is 11.8. The molecule has 0 bridgehead atoms. The SMILES string of the molecule is CC(C)[C@H](O)CN[C@@H]1CCC[C@H]1NC(=O)OC(C)(C)C. The minimum absolute atomic E-state index is 0.0872. The fourth-order valence-corrected chi connectivity index (χ4v) is 2.34. The average Bonchev–Trinajstić information content (AvgIpc) is 2.70. The Labute approximate surface area is 122 Å². The summed E-state index contributed by atoms with van der Waals surface area (Å²) in [6, 6.07) is 0.306. The van der Waals surface area contributed by atoms with Gasteiger partial charge >= 0.3 is 6.09 Å². The number of aliphatic hydroxyl groups excluding tert-OH is 1. The molecule has 0 aromatic heterocycles. The maximum absolute atomic E-state index is 11.8. The van der Waals surface area contributed by atoms with Gasteiger partial charge in [-0.15, -0.1) is 0 Å². The van der Waals surface area contributed by atoms with Crippen molar-refractivity contribution in [2.45, 2.75) is 77.7 Å². The van der Waals surface area contributed by atoms with Gasteiger partial charge in [-0.2, -0.15) is 0 Å². The third kappa shape index (κ3) is 6.09. The monoisotopic (exact) mass is 286 g/mol. The lowest BCUT2D eigenvalue weighted by Gasteiger charge is -2.26. The summed E-state index contributed by atoms with van der Waals surface area (Å²) in [5, 5.41) is 16.1. The molecule has 0 unspecified atom stereocenters. The van der Waals surface area contributed by atoms with Gasteiger partial charge in [-0.3, -0.25) is 0 Å². The first kappa shape index (κ1) is 17.2. The largest absolute Gasteiger partial charge is 0.444 e. The van der Waals surface area contributed by atoms with Gasteiger partial charge in [0.2, 0.25) is 0 Å². The molecule has 5 heteroatoms. The average molecular weight is 286 g/mol. The van der Waals surface area contributed by atoms with Crippen LogP contribution < -0.4 is 10.6 Å². The van der Waals surface area contributed by atoms with E-state index in [1.54, 1.807) is 0 Å². The molecule has 1 fully saturated rings. The Kier molecular flexibility index (Phi) is 6.27. The molecule has 0 heterocycles. The van der Waals surface area contributed by atoms with Crippen molar-refractivity contribution in [1.82, 2.24) is 10.6 Å². The Balaban J connectivity index is 2.39. The molecule has 5 nitrogen and oxygen atoms in total. The van der Waals surface area contributed by atoms with Crippen LogP contribution in [0.2, 0.25) is 0 Å². The van der Waals surface area contributed by atoms with E-state index < -0.39 is 5.60 Å². The number of alkyl carbamates (subject to hydrolysis) is 1. The Hall–Kier alpha value is -0.810. The summed E-state index contributed by atoms with van der Waals surface area (Å²) in [5.41, 5.74) is -0.473. The van der Waals surface area contributed by atoms with Crippen molar-refractivity contribution >= 4 is 6.09 Å². The van der Waals surface area contributed by atoms with E-state index in [1.807, 2.05) is 34.6 Å². The van der Waals surface area contributed by atoms with Crippen molar-refractivity contribution in [1.29, 1.82) is 0 Å². The number of hydrogen-bond donors (Lipinski definition) is 3. The number of amides is 1. The first-order valence-electron chi connectivity index (χ1n) is 7.60. The van der Waals surface area contributed by atoms with Gasteiger partial charge in [0.1, 0.15) is 5.60 Å². The van der Waals surface area contributed by atoms with Crippen molar-refractivity contribution in [2.75, 3.05) is 6.54 Å². The number of ether oxygens (including phenoxy) is 1. The minimum atomic E-state index is -0.473. The van der Waals surface area contributed by atoms with Crippen LogP contribution in [0.5, 0.6) is 0 Å². The summed E-state index contributed by atoms with van der Waals surface area (Å²) in [6.07, 6.45) is 2.34. The normalized spacial score (nSPS) is 24.8. The van der Waals surface area contributed by atoms with Crippen LogP contribution in [0.1, 0.15) is 53.9 Å². The predicted molar refractivity (Wildman–Crippen MR) is 79.6 cm³/mol. The smallest absolute Gasteiger partial charge is 0.407 e. The lowest BCUT2D eigenvalue weighted by atomic mass is 10.1. The van der Waals surface area contributed by atoms with Crippen LogP contribution in [0.4, 0.5) is 4.79 Å². The van der Waals surface area contributed by atoms with Gasteiger partial charge in [0.15, 0.2) is 0 Å². The van der Waals surface area contributed by atoms with Gasteiger partial charge in [-0.25, -0.2) is 4.79 Å². The number of nitrogens with one attached hydrogen (secondary N) is 2. The molecule has 20 heavy (non-hydrogen) atoms. The van der Waals surface area contributed by atoms with E-state index in [-0.39, 0.29) is 30.2 Å². The zero-order chi connectivity index (χ0) is 15.3. The lowest BCUT2D eigenvalue weighted by Crippen LogP contribution is -2.49. The number of hydrogen-bond acceptors (Lipinski definition) is 4. The molecule has 1 aliphatic rings. The second-order valence-corrected chi connectivity index (χ2v) is 7.01. The first-order chi connectivity index (χ1) is 9.19. The molecule has 0 aromatic rings. The molecular formula is C15H30N2O3. The topological polar surface area (TPSA) is 70.6 Å². The van der Waals surface area contributed by atoms with Crippen LogP contribution >= 0.6 is 0 Å². The second-order valence-electron chi connectivity index (χ2n) is 7.01. The molecule has 0 aromatic carbocycles. The second kappa shape index (κ2) is 7.27. The van der Waals surface area contributed by atoms with Crippen LogP contribution in [0.25, 0.3) is 0 Å². The van der Waals surface area contributed by atoms with E-state index in [4.69, 9.17) is 4.74 Å². The highest BCUT2D eigenvalue weighted by Gasteiger charge is 2.30. The molecule has 1 amide bonds.